The average Bonchev–Trinajstić information content (AvgIpc) is 2.32. The van der Waals surface area contributed by atoms with E-state index in [0.717, 1.165) is 12.1 Å². The zero-order valence-corrected chi connectivity index (χ0v) is 11.5. The number of anilines is 1. The predicted octanol–water partition coefficient (Wildman–Crippen LogP) is 3.47. The molecule has 1 N–H and O–H groups in total. The number of nitro groups is 1. The minimum absolute atomic E-state index is 0.0973. The molecule has 0 saturated carbocycles. The summed E-state index contributed by atoms with van der Waals surface area (Å²) in [6, 6.07) is 2.01. The summed E-state index contributed by atoms with van der Waals surface area (Å²) in [6.45, 7) is 5.40. The Hall–Kier alpha value is -1.40. The van der Waals surface area contributed by atoms with Crippen molar-refractivity contribution >= 4 is 23.0 Å². The number of nitrogens with one attached hydrogen (secondary N) is 1. The second-order valence-corrected chi connectivity index (χ2v) is 4.84. The molecule has 1 aromatic carbocycles. The van der Waals surface area contributed by atoms with Crippen LogP contribution >= 0.6 is 11.6 Å². The fourth-order valence-corrected chi connectivity index (χ4v) is 1.56. The first kappa shape index (κ1) is 15.7. The zero-order valence-electron chi connectivity index (χ0n) is 10.8. The number of ether oxygens (including phenoxy) is 1. The SMILES string of the molecule is CC(C)COCCNc1cc(F)c(Cl)cc1[N+](=O)[O-]. The van der Waals surface area contributed by atoms with Crippen molar-refractivity contribution in [1.29, 1.82) is 0 Å². The molecular formula is C12H16ClFN2O3. The number of rotatable bonds is 7. The van der Waals surface area contributed by atoms with Crippen LogP contribution in [0.4, 0.5) is 15.8 Å². The van der Waals surface area contributed by atoms with E-state index in [1.807, 2.05) is 13.8 Å². The Labute approximate surface area is 115 Å². The van der Waals surface area contributed by atoms with Crippen molar-refractivity contribution in [1.82, 2.24) is 0 Å². The van der Waals surface area contributed by atoms with Gasteiger partial charge in [-0.3, -0.25) is 10.1 Å². The smallest absolute Gasteiger partial charge is 0.294 e. The van der Waals surface area contributed by atoms with Gasteiger partial charge in [0.2, 0.25) is 0 Å². The van der Waals surface area contributed by atoms with Crippen LogP contribution in [0.2, 0.25) is 5.02 Å². The summed E-state index contributed by atoms with van der Waals surface area (Å²) in [5.74, 6) is -0.278. The number of halogens is 2. The van der Waals surface area contributed by atoms with E-state index < -0.39 is 10.7 Å². The summed E-state index contributed by atoms with van der Waals surface area (Å²) in [6.07, 6.45) is 0. The molecule has 0 saturated heterocycles. The van der Waals surface area contributed by atoms with Crippen molar-refractivity contribution in [2.75, 3.05) is 25.1 Å². The zero-order chi connectivity index (χ0) is 14.4. The van der Waals surface area contributed by atoms with E-state index in [9.17, 15) is 14.5 Å². The van der Waals surface area contributed by atoms with Gasteiger partial charge in [0.05, 0.1) is 16.6 Å². The van der Waals surface area contributed by atoms with Gasteiger partial charge in [-0.15, -0.1) is 0 Å². The van der Waals surface area contributed by atoms with Gasteiger partial charge in [0.25, 0.3) is 5.69 Å². The second-order valence-electron chi connectivity index (χ2n) is 4.44. The van der Waals surface area contributed by atoms with E-state index in [-0.39, 0.29) is 16.4 Å². The highest BCUT2D eigenvalue weighted by molar-refractivity contribution is 6.31. The Balaban J connectivity index is 2.62. The Morgan fingerprint density at radius 2 is 2.21 bits per heavy atom. The fraction of sp³-hybridized carbons (Fsp3) is 0.500. The molecule has 0 bridgehead atoms. The van der Waals surface area contributed by atoms with Crippen LogP contribution in [0, 0.1) is 21.8 Å². The third-order valence-electron chi connectivity index (χ3n) is 2.25. The van der Waals surface area contributed by atoms with Gasteiger partial charge in [0.1, 0.15) is 11.5 Å². The summed E-state index contributed by atoms with van der Waals surface area (Å²) in [4.78, 5) is 10.2. The number of benzene rings is 1. The molecular weight excluding hydrogens is 275 g/mol. The fourth-order valence-electron chi connectivity index (χ4n) is 1.41. The highest BCUT2D eigenvalue weighted by Crippen LogP contribution is 2.30. The molecule has 1 aromatic rings. The van der Waals surface area contributed by atoms with Crippen molar-refractivity contribution in [2.45, 2.75) is 13.8 Å². The molecule has 0 aliphatic carbocycles. The summed E-state index contributed by atoms with van der Waals surface area (Å²) in [5.41, 5.74) is -0.157. The average molecular weight is 291 g/mol. The van der Waals surface area contributed by atoms with Crippen LogP contribution in [-0.2, 0) is 4.74 Å². The van der Waals surface area contributed by atoms with E-state index in [1.165, 1.54) is 0 Å². The third kappa shape index (κ3) is 5.00. The summed E-state index contributed by atoms with van der Waals surface area (Å²) in [5, 5.41) is 13.3. The molecule has 5 nitrogen and oxygen atoms in total. The lowest BCUT2D eigenvalue weighted by atomic mass is 10.2. The van der Waals surface area contributed by atoms with E-state index >= 15 is 0 Å². The number of hydrogen-bond donors (Lipinski definition) is 1. The maximum atomic E-state index is 13.3. The largest absolute Gasteiger partial charge is 0.379 e. The quantitative estimate of drug-likeness (QED) is 0.474. The number of nitrogens with zero attached hydrogens (tertiary/aromatic N) is 1. The van der Waals surface area contributed by atoms with E-state index in [2.05, 4.69) is 5.32 Å². The van der Waals surface area contributed by atoms with Crippen molar-refractivity contribution in [2.24, 2.45) is 5.92 Å². The molecule has 7 heteroatoms. The van der Waals surface area contributed by atoms with Gasteiger partial charge in [0, 0.05) is 25.3 Å². The van der Waals surface area contributed by atoms with Gasteiger partial charge in [0.15, 0.2) is 0 Å². The molecule has 19 heavy (non-hydrogen) atoms. The minimum atomic E-state index is -0.696. The third-order valence-corrected chi connectivity index (χ3v) is 2.54. The number of nitro benzene ring substituents is 1. The lowest BCUT2D eigenvalue weighted by Crippen LogP contribution is -2.13. The van der Waals surface area contributed by atoms with Crippen LogP contribution in [0.25, 0.3) is 0 Å². The van der Waals surface area contributed by atoms with Gasteiger partial charge in [-0.25, -0.2) is 4.39 Å². The highest BCUT2D eigenvalue weighted by atomic mass is 35.5. The number of hydrogen-bond acceptors (Lipinski definition) is 4. The molecule has 0 heterocycles. The molecule has 0 aliphatic heterocycles. The molecule has 0 fully saturated rings. The minimum Gasteiger partial charge on any atom is -0.379 e. The molecule has 0 aliphatic rings. The van der Waals surface area contributed by atoms with Crippen molar-refractivity contribution in [3.63, 3.8) is 0 Å². The van der Waals surface area contributed by atoms with Crippen molar-refractivity contribution in [3.8, 4) is 0 Å². The van der Waals surface area contributed by atoms with Gasteiger partial charge < -0.3 is 10.1 Å². The Morgan fingerprint density at radius 3 is 2.79 bits per heavy atom. The van der Waals surface area contributed by atoms with Crippen LogP contribution in [0.15, 0.2) is 12.1 Å². The molecule has 0 amide bonds. The molecule has 0 spiro atoms. The normalized spacial score (nSPS) is 10.8. The molecule has 0 atom stereocenters. The highest BCUT2D eigenvalue weighted by Gasteiger charge is 2.17. The van der Waals surface area contributed by atoms with E-state index in [4.69, 9.17) is 16.3 Å². The summed E-state index contributed by atoms with van der Waals surface area (Å²) < 4.78 is 18.6. The summed E-state index contributed by atoms with van der Waals surface area (Å²) in [7, 11) is 0. The molecule has 0 unspecified atom stereocenters. The molecule has 0 aromatic heterocycles. The Kier molecular flexibility index (Phi) is 5.98. The molecule has 0 radical (unpaired) electrons. The van der Waals surface area contributed by atoms with Crippen molar-refractivity contribution < 1.29 is 14.1 Å². The first-order chi connectivity index (χ1) is 8.91. The van der Waals surface area contributed by atoms with Gasteiger partial charge in [-0.2, -0.15) is 0 Å². The first-order valence-electron chi connectivity index (χ1n) is 5.87. The maximum absolute atomic E-state index is 13.3. The van der Waals surface area contributed by atoms with Crippen LogP contribution < -0.4 is 5.32 Å². The van der Waals surface area contributed by atoms with Crippen LogP contribution in [0.3, 0.4) is 0 Å². The van der Waals surface area contributed by atoms with Gasteiger partial charge in [-0.1, -0.05) is 25.4 Å². The Bertz CT molecular complexity index is 455. The molecule has 106 valence electrons. The van der Waals surface area contributed by atoms with Gasteiger partial charge in [-0.05, 0) is 5.92 Å². The van der Waals surface area contributed by atoms with Crippen LogP contribution in [-0.4, -0.2) is 24.7 Å². The maximum Gasteiger partial charge on any atom is 0.294 e. The molecule has 1 rings (SSSR count). The monoisotopic (exact) mass is 290 g/mol. The van der Waals surface area contributed by atoms with Crippen molar-refractivity contribution in [3.05, 3.63) is 33.1 Å². The Morgan fingerprint density at radius 1 is 1.53 bits per heavy atom. The van der Waals surface area contributed by atoms with Gasteiger partial charge >= 0.3 is 0 Å². The standard InChI is InChI=1S/C12H16ClFN2O3/c1-8(2)7-19-4-3-15-11-6-10(14)9(13)5-12(11)16(17)18/h5-6,8,15H,3-4,7H2,1-2H3. The van der Waals surface area contributed by atoms with E-state index in [0.29, 0.717) is 25.7 Å². The lowest BCUT2D eigenvalue weighted by Gasteiger charge is -2.09. The van der Waals surface area contributed by atoms with E-state index in [1.54, 1.807) is 0 Å². The van der Waals surface area contributed by atoms with Crippen LogP contribution in [0.5, 0.6) is 0 Å². The summed E-state index contributed by atoms with van der Waals surface area (Å²) >= 11 is 5.52. The topological polar surface area (TPSA) is 64.4 Å². The predicted molar refractivity (Wildman–Crippen MR) is 72.2 cm³/mol. The lowest BCUT2D eigenvalue weighted by molar-refractivity contribution is -0.384. The van der Waals surface area contributed by atoms with Crippen LogP contribution in [0.1, 0.15) is 13.8 Å². The first-order valence-corrected chi connectivity index (χ1v) is 6.24. The second kappa shape index (κ2) is 7.25.